The first-order chi connectivity index (χ1) is 8.74. The molecule has 96 valence electrons. The second-order valence-corrected chi connectivity index (χ2v) is 5.47. The standard InChI is InChI=1S/C15H20N2S/c1-4-12(9-16-3)14-10-18-15(17-14)13-7-5-6-11(2)8-13/h5-8,10,12,16H,4,9H2,1-3H3. The second-order valence-electron chi connectivity index (χ2n) is 4.61. The maximum atomic E-state index is 4.79. The van der Waals surface area contributed by atoms with Crippen molar-refractivity contribution >= 4 is 11.3 Å². The van der Waals surface area contributed by atoms with Crippen molar-refractivity contribution in [3.8, 4) is 10.6 Å². The zero-order valence-corrected chi connectivity index (χ0v) is 12.1. The molecule has 1 aromatic carbocycles. The average molecular weight is 260 g/mol. The van der Waals surface area contributed by atoms with Crippen LogP contribution >= 0.6 is 11.3 Å². The zero-order valence-electron chi connectivity index (χ0n) is 11.2. The highest BCUT2D eigenvalue weighted by Gasteiger charge is 2.13. The van der Waals surface area contributed by atoms with Crippen LogP contribution in [0.25, 0.3) is 10.6 Å². The monoisotopic (exact) mass is 260 g/mol. The third-order valence-electron chi connectivity index (χ3n) is 3.15. The van der Waals surface area contributed by atoms with Crippen LogP contribution in [0.5, 0.6) is 0 Å². The fourth-order valence-electron chi connectivity index (χ4n) is 2.09. The minimum atomic E-state index is 0.518. The van der Waals surface area contributed by atoms with Crippen molar-refractivity contribution in [1.82, 2.24) is 10.3 Å². The summed E-state index contributed by atoms with van der Waals surface area (Å²) < 4.78 is 0. The lowest BCUT2D eigenvalue weighted by molar-refractivity contribution is 0.600. The van der Waals surface area contributed by atoms with Crippen LogP contribution in [-0.4, -0.2) is 18.6 Å². The quantitative estimate of drug-likeness (QED) is 0.883. The van der Waals surface area contributed by atoms with Gasteiger partial charge in [0.2, 0.25) is 0 Å². The minimum Gasteiger partial charge on any atom is -0.319 e. The molecule has 2 nitrogen and oxygen atoms in total. The molecule has 0 bridgehead atoms. The molecule has 0 aliphatic rings. The summed E-state index contributed by atoms with van der Waals surface area (Å²) in [6, 6.07) is 8.54. The van der Waals surface area contributed by atoms with E-state index in [4.69, 9.17) is 4.98 Å². The Bertz CT molecular complexity index is 505. The Morgan fingerprint density at radius 3 is 2.89 bits per heavy atom. The number of benzene rings is 1. The molecule has 0 fully saturated rings. The van der Waals surface area contributed by atoms with Gasteiger partial charge in [0.25, 0.3) is 0 Å². The molecule has 1 unspecified atom stereocenters. The smallest absolute Gasteiger partial charge is 0.123 e. The van der Waals surface area contributed by atoms with Crippen LogP contribution in [0.3, 0.4) is 0 Å². The van der Waals surface area contributed by atoms with Gasteiger partial charge >= 0.3 is 0 Å². The molecule has 0 spiro atoms. The first kappa shape index (κ1) is 13.2. The van der Waals surface area contributed by atoms with Crippen LogP contribution in [0.2, 0.25) is 0 Å². The highest BCUT2D eigenvalue weighted by molar-refractivity contribution is 7.13. The minimum absolute atomic E-state index is 0.518. The van der Waals surface area contributed by atoms with Gasteiger partial charge in [0.1, 0.15) is 5.01 Å². The van der Waals surface area contributed by atoms with Gasteiger partial charge < -0.3 is 5.32 Å². The lowest BCUT2D eigenvalue weighted by Crippen LogP contribution is -2.16. The Labute approximate surface area is 113 Å². The lowest BCUT2D eigenvalue weighted by Gasteiger charge is -2.10. The summed E-state index contributed by atoms with van der Waals surface area (Å²) in [5, 5.41) is 6.57. The van der Waals surface area contributed by atoms with E-state index in [2.05, 4.69) is 48.8 Å². The Hall–Kier alpha value is -1.19. The van der Waals surface area contributed by atoms with Gasteiger partial charge in [0, 0.05) is 23.4 Å². The highest BCUT2D eigenvalue weighted by atomic mass is 32.1. The lowest BCUT2D eigenvalue weighted by atomic mass is 10.0. The number of aryl methyl sites for hydroxylation is 1. The first-order valence-corrected chi connectivity index (χ1v) is 7.29. The second kappa shape index (κ2) is 6.12. The van der Waals surface area contributed by atoms with E-state index in [9.17, 15) is 0 Å². The molecule has 0 aliphatic carbocycles. The molecule has 0 aliphatic heterocycles. The van der Waals surface area contributed by atoms with Gasteiger partial charge in [-0.15, -0.1) is 11.3 Å². The molecule has 0 saturated carbocycles. The predicted molar refractivity (Wildman–Crippen MR) is 79.2 cm³/mol. The summed E-state index contributed by atoms with van der Waals surface area (Å²) >= 11 is 1.74. The van der Waals surface area contributed by atoms with E-state index >= 15 is 0 Å². The molecule has 2 rings (SSSR count). The molecular weight excluding hydrogens is 240 g/mol. The van der Waals surface area contributed by atoms with E-state index in [-0.39, 0.29) is 0 Å². The van der Waals surface area contributed by atoms with E-state index in [0.717, 1.165) is 18.0 Å². The van der Waals surface area contributed by atoms with Crippen molar-refractivity contribution in [3.05, 3.63) is 40.9 Å². The number of nitrogens with zero attached hydrogens (tertiary/aromatic N) is 1. The Morgan fingerprint density at radius 2 is 2.22 bits per heavy atom. The number of hydrogen-bond donors (Lipinski definition) is 1. The molecule has 2 aromatic rings. The summed E-state index contributed by atoms with van der Waals surface area (Å²) in [5.74, 6) is 0.518. The molecule has 1 atom stereocenters. The molecule has 1 aromatic heterocycles. The van der Waals surface area contributed by atoms with Gasteiger partial charge in [0.15, 0.2) is 0 Å². The molecular formula is C15H20N2S. The van der Waals surface area contributed by atoms with Gasteiger partial charge in [-0.25, -0.2) is 4.98 Å². The summed E-state index contributed by atoms with van der Waals surface area (Å²) in [5.41, 5.74) is 3.73. The number of likely N-dealkylation sites (N-methyl/N-ethyl adjacent to an activating group) is 1. The summed E-state index contributed by atoms with van der Waals surface area (Å²) in [6.07, 6.45) is 1.12. The highest BCUT2D eigenvalue weighted by Crippen LogP contribution is 2.28. The molecule has 0 amide bonds. The first-order valence-electron chi connectivity index (χ1n) is 6.41. The van der Waals surface area contributed by atoms with Crippen LogP contribution in [0.15, 0.2) is 29.6 Å². The maximum absolute atomic E-state index is 4.79. The molecule has 18 heavy (non-hydrogen) atoms. The van der Waals surface area contributed by atoms with Gasteiger partial charge in [-0.2, -0.15) is 0 Å². The normalized spacial score (nSPS) is 12.6. The van der Waals surface area contributed by atoms with Crippen molar-refractivity contribution in [2.24, 2.45) is 0 Å². The van der Waals surface area contributed by atoms with Gasteiger partial charge in [0.05, 0.1) is 5.69 Å². The van der Waals surface area contributed by atoms with E-state index in [0.29, 0.717) is 5.92 Å². The fraction of sp³-hybridized carbons (Fsp3) is 0.400. The Morgan fingerprint density at radius 1 is 1.39 bits per heavy atom. The number of thiazole rings is 1. The number of hydrogen-bond acceptors (Lipinski definition) is 3. The van der Waals surface area contributed by atoms with E-state index in [1.807, 2.05) is 7.05 Å². The van der Waals surface area contributed by atoms with Crippen LogP contribution in [0, 0.1) is 6.92 Å². The van der Waals surface area contributed by atoms with E-state index in [1.54, 1.807) is 11.3 Å². The van der Waals surface area contributed by atoms with Gasteiger partial charge in [-0.3, -0.25) is 0 Å². The fourth-order valence-corrected chi connectivity index (χ4v) is 2.99. The van der Waals surface area contributed by atoms with Crippen molar-refractivity contribution < 1.29 is 0 Å². The van der Waals surface area contributed by atoms with Crippen LogP contribution in [0.4, 0.5) is 0 Å². The molecule has 1 N–H and O–H groups in total. The number of aromatic nitrogens is 1. The van der Waals surface area contributed by atoms with E-state index < -0.39 is 0 Å². The van der Waals surface area contributed by atoms with Crippen LogP contribution < -0.4 is 5.32 Å². The number of rotatable bonds is 5. The summed E-state index contributed by atoms with van der Waals surface area (Å²) in [4.78, 5) is 4.79. The third-order valence-corrected chi connectivity index (χ3v) is 4.06. The largest absolute Gasteiger partial charge is 0.319 e. The molecule has 3 heteroatoms. The van der Waals surface area contributed by atoms with Crippen molar-refractivity contribution in [2.75, 3.05) is 13.6 Å². The third kappa shape index (κ3) is 2.98. The molecule has 1 heterocycles. The summed E-state index contributed by atoms with van der Waals surface area (Å²) in [6.45, 7) is 5.33. The van der Waals surface area contributed by atoms with Crippen molar-refractivity contribution in [3.63, 3.8) is 0 Å². The molecule has 0 saturated heterocycles. The van der Waals surface area contributed by atoms with Crippen LogP contribution in [-0.2, 0) is 0 Å². The zero-order chi connectivity index (χ0) is 13.0. The summed E-state index contributed by atoms with van der Waals surface area (Å²) in [7, 11) is 2.00. The van der Waals surface area contributed by atoms with Crippen LogP contribution in [0.1, 0.15) is 30.5 Å². The predicted octanol–water partition coefficient (Wildman–Crippen LogP) is 3.83. The Kier molecular flexibility index (Phi) is 4.50. The number of nitrogens with one attached hydrogen (secondary N) is 1. The maximum Gasteiger partial charge on any atom is 0.123 e. The van der Waals surface area contributed by atoms with Gasteiger partial charge in [-0.05, 0) is 26.5 Å². The topological polar surface area (TPSA) is 24.9 Å². The average Bonchev–Trinajstić information content (AvgIpc) is 2.85. The Balaban J connectivity index is 2.24. The van der Waals surface area contributed by atoms with Crippen molar-refractivity contribution in [2.45, 2.75) is 26.2 Å². The SMILES string of the molecule is CCC(CNC)c1csc(-c2cccc(C)c2)n1. The van der Waals surface area contributed by atoms with Gasteiger partial charge in [-0.1, -0.05) is 30.7 Å². The molecule has 0 radical (unpaired) electrons. The van der Waals surface area contributed by atoms with Crippen molar-refractivity contribution in [1.29, 1.82) is 0 Å². The van der Waals surface area contributed by atoms with E-state index in [1.165, 1.54) is 16.8 Å².